The highest BCUT2D eigenvalue weighted by Gasteiger charge is 2.24. The summed E-state index contributed by atoms with van der Waals surface area (Å²) < 4.78 is 5.24. The molecule has 23 heavy (non-hydrogen) atoms. The first-order chi connectivity index (χ1) is 11.3. The predicted molar refractivity (Wildman–Crippen MR) is 91.9 cm³/mol. The monoisotopic (exact) mass is 307 g/mol. The Labute approximate surface area is 137 Å². The zero-order chi connectivity index (χ0) is 16.5. The summed E-state index contributed by atoms with van der Waals surface area (Å²) in [6.45, 7) is 6.26. The maximum atomic E-state index is 12.5. The van der Waals surface area contributed by atoms with Gasteiger partial charge in [0, 0.05) is 6.54 Å². The van der Waals surface area contributed by atoms with Crippen molar-refractivity contribution in [1.82, 2.24) is 4.90 Å². The lowest BCUT2D eigenvalue weighted by Crippen LogP contribution is -2.34. The molecule has 2 aromatic carbocycles. The Balaban J connectivity index is 2.36. The topological polar surface area (TPSA) is 29.5 Å². The van der Waals surface area contributed by atoms with Gasteiger partial charge in [0.15, 0.2) is 0 Å². The average molecular weight is 307 g/mol. The lowest BCUT2D eigenvalue weighted by Gasteiger charge is -2.29. The third-order valence-corrected chi connectivity index (χ3v) is 3.45. The van der Waals surface area contributed by atoms with Crippen LogP contribution < -0.4 is 0 Å². The molecule has 0 N–H and O–H groups in total. The molecule has 3 heteroatoms. The molecule has 0 heterocycles. The number of carbonyl (C=O) groups is 1. The summed E-state index contributed by atoms with van der Waals surface area (Å²) in [4.78, 5) is 14.2. The first-order valence-electron chi connectivity index (χ1n) is 7.64. The van der Waals surface area contributed by atoms with Crippen LogP contribution in [0.1, 0.15) is 24.1 Å². The van der Waals surface area contributed by atoms with Crippen LogP contribution in [0.5, 0.6) is 0 Å². The Bertz CT molecular complexity index is 661. The van der Waals surface area contributed by atoms with Gasteiger partial charge in [-0.25, -0.2) is 4.79 Å². The van der Waals surface area contributed by atoms with Gasteiger partial charge in [-0.2, -0.15) is 0 Å². The first kappa shape index (κ1) is 16.6. The standard InChI is InChI=1S/C20H21NO2/c1-3-11-19(18-14-9-6-10-15-18)21(20(22)23-4-2)16-17-12-7-5-8-13-17/h5-15,19H,1,4,16H2,2H3. The van der Waals surface area contributed by atoms with Gasteiger partial charge in [-0.15, -0.1) is 5.73 Å². The third-order valence-electron chi connectivity index (χ3n) is 3.45. The highest BCUT2D eigenvalue weighted by Crippen LogP contribution is 2.25. The Morgan fingerprint density at radius 2 is 1.78 bits per heavy atom. The van der Waals surface area contributed by atoms with Gasteiger partial charge in [0.05, 0.1) is 12.6 Å². The molecule has 1 amide bonds. The van der Waals surface area contributed by atoms with Crippen LogP contribution in [-0.2, 0) is 11.3 Å². The molecule has 0 radical (unpaired) electrons. The molecule has 0 aromatic heterocycles. The van der Waals surface area contributed by atoms with Crippen molar-refractivity contribution in [3.63, 3.8) is 0 Å². The molecule has 1 atom stereocenters. The Kier molecular flexibility index (Phi) is 6.22. The lowest BCUT2D eigenvalue weighted by molar-refractivity contribution is 0.0944. The van der Waals surface area contributed by atoms with Gasteiger partial charge in [0.25, 0.3) is 0 Å². The molecule has 2 rings (SSSR count). The van der Waals surface area contributed by atoms with Crippen LogP contribution in [0, 0.1) is 0 Å². The molecule has 0 aliphatic rings. The minimum atomic E-state index is -0.350. The fraction of sp³-hybridized carbons (Fsp3) is 0.200. The number of hydrogen-bond donors (Lipinski definition) is 0. The zero-order valence-electron chi connectivity index (χ0n) is 13.3. The second-order valence-electron chi connectivity index (χ2n) is 5.04. The summed E-state index contributed by atoms with van der Waals surface area (Å²) in [5.41, 5.74) is 4.84. The predicted octanol–water partition coefficient (Wildman–Crippen LogP) is 4.73. The van der Waals surface area contributed by atoms with Crippen LogP contribution in [0.4, 0.5) is 4.79 Å². The van der Waals surface area contributed by atoms with Crippen molar-refractivity contribution in [3.8, 4) is 0 Å². The van der Waals surface area contributed by atoms with Gasteiger partial charge in [0.1, 0.15) is 0 Å². The maximum Gasteiger partial charge on any atom is 0.410 e. The molecular weight excluding hydrogens is 286 g/mol. The van der Waals surface area contributed by atoms with E-state index in [1.54, 1.807) is 17.9 Å². The van der Waals surface area contributed by atoms with Crippen molar-refractivity contribution in [2.75, 3.05) is 6.61 Å². The molecule has 0 saturated carbocycles. The first-order valence-corrected chi connectivity index (χ1v) is 7.64. The van der Waals surface area contributed by atoms with E-state index in [-0.39, 0.29) is 12.1 Å². The minimum Gasteiger partial charge on any atom is -0.450 e. The Hall–Kier alpha value is -2.77. The smallest absolute Gasteiger partial charge is 0.410 e. The van der Waals surface area contributed by atoms with Gasteiger partial charge in [-0.3, -0.25) is 4.90 Å². The van der Waals surface area contributed by atoms with Crippen LogP contribution in [-0.4, -0.2) is 17.6 Å². The molecule has 0 spiro atoms. The molecule has 0 aliphatic heterocycles. The van der Waals surface area contributed by atoms with E-state index in [0.29, 0.717) is 13.2 Å². The van der Waals surface area contributed by atoms with E-state index in [9.17, 15) is 4.79 Å². The van der Waals surface area contributed by atoms with Gasteiger partial charge < -0.3 is 4.74 Å². The molecule has 0 bridgehead atoms. The molecule has 0 saturated heterocycles. The molecule has 3 nitrogen and oxygen atoms in total. The number of carbonyl (C=O) groups excluding carboxylic acids is 1. The van der Waals surface area contributed by atoms with Crippen LogP contribution in [0.3, 0.4) is 0 Å². The molecule has 2 aromatic rings. The number of ether oxygens (including phenoxy) is 1. The van der Waals surface area contributed by atoms with Gasteiger partial charge in [-0.05, 0) is 24.1 Å². The van der Waals surface area contributed by atoms with E-state index in [0.717, 1.165) is 11.1 Å². The summed E-state index contributed by atoms with van der Waals surface area (Å²) in [5.74, 6) is 0. The lowest BCUT2D eigenvalue weighted by atomic mass is 10.0. The fourth-order valence-electron chi connectivity index (χ4n) is 2.39. The highest BCUT2D eigenvalue weighted by molar-refractivity contribution is 5.68. The minimum absolute atomic E-state index is 0.270. The second-order valence-corrected chi connectivity index (χ2v) is 5.04. The van der Waals surface area contributed by atoms with Crippen LogP contribution >= 0.6 is 0 Å². The van der Waals surface area contributed by atoms with Crippen molar-refractivity contribution < 1.29 is 9.53 Å². The average Bonchev–Trinajstić information content (AvgIpc) is 2.60. The van der Waals surface area contributed by atoms with E-state index < -0.39 is 0 Å². The molecule has 1 unspecified atom stereocenters. The summed E-state index contributed by atoms with van der Waals surface area (Å²) in [5, 5.41) is 0. The third kappa shape index (κ3) is 4.60. The van der Waals surface area contributed by atoms with Crippen LogP contribution in [0.15, 0.2) is 79.0 Å². The van der Waals surface area contributed by atoms with Crippen molar-refractivity contribution >= 4 is 6.09 Å². The summed E-state index contributed by atoms with van der Waals surface area (Å²) in [7, 11) is 0. The summed E-state index contributed by atoms with van der Waals surface area (Å²) in [6, 6.07) is 19.4. The number of rotatable bonds is 6. The van der Waals surface area contributed by atoms with Crippen molar-refractivity contribution in [2.45, 2.75) is 19.5 Å². The van der Waals surface area contributed by atoms with Gasteiger partial charge in [0.2, 0.25) is 0 Å². The summed E-state index contributed by atoms with van der Waals surface area (Å²) >= 11 is 0. The largest absolute Gasteiger partial charge is 0.450 e. The highest BCUT2D eigenvalue weighted by atomic mass is 16.6. The van der Waals surface area contributed by atoms with Crippen molar-refractivity contribution in [2.24, 2.45) is 0 Å². The van der Waals surface area contributed by atoms with E-state index in [4.69, 9.17) is 4.74 Å². The molecular formula is C20H21NO2. The molecule has 118 valence electrons. The second kappa shape index (κ2) is 8.62. The van der Waals surface area contributed by atoms with Gasteiger partial charge in [-0.1, -0.05) is 67.2 Å². The number of benzene rings is 2. The number of hydrogen-bond acceptors (Lipinski definition) is 2. The number of amides is 1. The Morgan fingerprint density at radius 1 is 1.17 bits per heavy atom. The fourth-order valence-corrected chi connectivity index (χ4v) is 2.39. The van der Waals surface area contributed by atoms with E-state index >= 15 is 0 Å². The summed E-state index contributed by atoms with van der Waals surface area (Å²) in [6.07, 6.45) is 1.44. The van der Waals surface area contributed by atoms with E-state index in [2.05, 4.69) is 12.3 Å². The normalized spacial score (nSPS) is 11.2. The van der Waals surface area contributed by atoms with Gasteiger partial charge >= 0.3 is 6.09 Å². The maximum absolute atomic E-state index is 12.5. The van der Waals surface area contributed by atoms with Crippen LogP contribution in [0.2, 0.25) is 0 Å². The molecule has 0 aliphatic carbocycles. The Morgan fingerprint density at radius 3 is 2.35 bits per heavy atom. The number of nitrogens with zero attached hydrogens (tertiary/aromatic N) is 1. The van der Waals surface area contributed by atoms with Crippen LogP contribution in [0.25, 0.3) is 0 Å². The zero-order valence-corrected chi connectivity index (χ0v) is 13.3. The van der Waals surface area contributed by atoms with Crippen molar-refractivity contribution in [1.29, 1.82) is 0 Å². The quantitative estimate of drug-likeness (QED) is 0.722. The molecule has 0 fully saturated rings. The van der Waals surface area contributed by atoms with E-state index in [1.165, 1.54) is 0 Å². The SMILES string of the molecule is C=C=CC(c1ccccc1)N(Cc1ccccc1)C(=O)OCC. The van der Waals surface area contributed by atoms with E-state index in [1.807, 2.05) is 60.7 Å². The van der Waals surface area contributed by atoms with Crippen molar-refractivity contribution in [3.05, 3.63) is 90.2 Å².